The van der Waals surface area contributed by atoms with Gasteiger partial charge in [0.15, 0.2) is 5.76 Å². The number of carboxylic acid groups (broad SMARTS) is 1. The highest BCUT2D eigenvalue weighted by molar-refractivity contribution is 5.85. The number of hydrogen-bond acceptors (Lipinski definition) is 4. The van der Waals surface area contributed by atoms with Crippen molar-refractivity contribution in [2.24, 2.45) is 0 Å². The van der Waals surface area contributed by atoms with E-state index in [1.807, 2.05) is 49.4 Å². The summed E-state index contributed by atoms with van der Waals surface area (Å²) >= 11 is 0. The van der Waals surface area contributed by atoms with Crippen LogP contribution in [-0.4, -0.2) is 15.7 Å². The van der Waals surface area contributed by atoms with E-state index in [4.69, 9.17) is 4.42 Å². The molecular weight excluding hydrogens is 280 g/mol. The fourth-order valence-corrected chi connectivity index (χ4v) is 2.13. The molecule has 0 aliphatic rings. The van der Waals surface area contributed by atoms with Crippen LogP contribution in [0.2, 0.25) is 0 Å². The van der Waals surface area contributed by atoms with Crippen molar-refractivity contribution in [3.63, 3.8) is 0 Å². The topological polar surface area (TPSA) is 71.1 Å². The number of carboxylic acids is 1. The summed E-state index contributed by atoms with van der Waals surface area (Å²) in [5.41, 5.74) is 2.09. The van der Waals surface area contributed by atoms with Crippen molar-refractivity contribution in [2.75, 3.05) is 0 Å². The zero-order valence-corrected chi connectivity index (χ0v) is 11.9. The van der Waals surface area contributed by atoms with Crippen LogP contribution in [0.1, 0.15) is 11.3 Å². The molecule has 2 heterocycles. The van der Waals surface area contributed by atoms with E-state index in [1.165, 1.54) is 6.08 Å². The zero-order chi connectivity index (χ0) is 15.5. The Morgan fingerprint density at radius 3 is 2.64 bits per heavy atom. The highest BCUT2D eigenvalue weighted by Crippen LogP contribution is 2.26. The predicted octanol–water partition coefficient (Wildman–Crippen LogP) is 2.20. The zero-order valence-electron chi connectivity index (χ0n) is 11.9. The predicted molar refractivity (Wildman–Crippen MR) is 80.0 cm³/mol. The van der Waals surface area contributed by atoms with Crippen molar-refractivity contribution in [1.29, 1.82) is 0 Å². The number of aryl methyl sites for hydroxylation is 1. The molecular formula is C17H13N2O3-. The number of aromatic nitrogens is 2. The Morgan fingerprint density at radius 1 is 1.23 bits per heavy atom. The highest BCUT2D eigenvalue weighted by Gasteiger charge is 2.13. The van der Waals surface area contributed by atoms with Crippen LogP contribution in [0.3, 0.4) is 0 Å². The Kier molecular flexibility index (Phi) is 3.62. The highest BCUT2D eigenvalue weighted by atomic mass is 16.4. The molecule has 110 valence electrons. The maximum atomic E-state index is 10.7. The first-order valence-corrected chi connectivity index (χ1v) is 6.74. The quantitative estimate of drug-likeness (QED) is 0.691. The number of rotatable bonds is 4. The smallest absolute Gasteiger partial charge is 0.155 e. The number of carbonyl (C=O) groups excluding carboxylic acids is 1. The molecule has 0 saturated heterocycles. The van der Waals surface area contributed by atoms with Gasteiger partial charge >= 0.3 is 0 Å². The number of para-hydroxylation sites is 1. The Morgan fingerprint density at radius 2 is 2.00 bits per heavy atom. The van der Waals surface area contributed by atoms with Crippen molar-refractivity contribution in [1.82, 2.24) is 9.78 Å². The van der Waals surface area contributed by atoms with Crippen LogP contribution in [0.5, 0.6) is 0 Å². The van der Waals surface area contributed by atoms with E-state index in [9.17, 15) is 9.90 Å². The molecule has 3 rings (SSSR count). The molecule has 0 unspecified atom stereocenters. The van der Waals surface area contributed by atoms with Crippen molar-refractivity contribution >= 4 is 12.0 Å². The molecule has 0 aliphatic carbocycles. The molecule has 5 heteroatoms. The number of carbonyl (C=O) groups is 1. The van der Waals surface area contributed by atoms with Gasteiger partial charge in [0.05, 0.1) is 11.7 Å². The third kappa shape index (κ3) is 2.83. The molecule has 0 saturated carbocycles. The van der Waals surface area contributed by atoms with Gasteiger partial charge < -0.3 is 14.3 Å². The number of furan rings is 1. The second-order valence-electron chi connectivity index (χ2n) is 4.78. The molecule has 0 fully saturated rings. The molecule has 22 heavy (non-hydrogen) atoms. The first-order valence-electron chi connectivity index (χ1n) is 6.74. The van der Waals surface area contributed by atoms with Gasteiger partial charge in [0.1, 0.15) is 11.5 Å². The van der Waals surface area contributed by atoms with E-state index in [-0.39, 0.29) is 0 Å². The molecule has 0 radical (unpaired) electrons. The van der Waals surface area contributed by atoms with Gasteiger partial charge in [-0.2, -0.15) is 5.10 Å². The molecule has 5 nitrogen and oxygen atoms in total. The minimum Gasteiger partial charge on any atom is -0.545 e. The summed E-state index contributed by atoms with van der Waals surface area (Å²) in [6, 6.07) is 13.2. The van der Waals surface area contributed by atoms with Crippen LogP contribution in [0.25, 0.3) is 23.2 Å². The number of aliphatic carboxylic acids is 1. The van der Waals surface area contributed by atoms with Gasteiger partial charge in [-0.15, -0.1) is 0 Å². The largest absolute Gasteiger partial charge is 0.545 e. The summed E-state index contributed by atoms with van der Waals surface area (Å²) in [5.74, 6) is 0.0957. The lowest BCUT2D eigenvalue weighted by molar-refractivity contribution is -0.297. The Labute approximate surface area is 127 Å². The number of hydrogen-bond donors (Lipinski definition) is 0. The van der Waals surface area contributed by atoms with E-state index in [1.54, 1.807) is 10.9 Å². The van der Waals surface area contributed by atoms with Crippen LogP contribution in [0.4, 0.5) is 0 Å². The molecule has 2 aromatic heterocycles. The normalized spacial score (nSPS) is 11.1. The first-order chi connectivity index (χ1) is 10.6. The van der Waals surface area contributed by atoms with E-state index in [0.717, 1.165) is 17.5 Å². The van der Waals surface area contributed by atoms with Gasteiger partial charge in [-0.1, -0.05) is 18.2 Å². The number of benzene rings is 1. The molecule has 0 amide bonds. The van der Waals surface area contributed by atoms with Gasteiger partial charge in [-0.3, -0.25) is 0 Å². The average Bonchev–Trinajstić information content (AvgIpc) is 3.12. The second-order valence-corrected chi connectivity index (χ2v) is 4.78. The Bertz CT molecular complexity index is 829. The maximum Gasteiger partial charge on any atom is 0.155 e. The molecule has 0 atom stereocenters. The Balaban J connectivity index is 2.10. The van der Waals surface area contributed by atoms with E-state index < -0.39 is 5.97 Å². The first kappa shape index (κ1) is 13.9. The summed E-state index contributed by atoms with van der Waals surface area (Å²) < 4.78 is 7.28. The lowest BCUT2D eigenvalue weighted by Crippen LogP contribution is -2.18. The van der Waals surface area contributed by atoms with Crippen LogP contribution < -0.4 is 5.11 Å². The van der Waals surface area contributed by atoms with Crippen LogP contribution in [0.15, 0.2) is 59.2 Å². The van der Waals surface area contributed by atoms with Crippen LogP contribution in [-0.2, 0) is 4.79 Å². The lowest BCUT2D eigenvalue weighted by Gasteiger charge is -1.98. The fraction of sp³-hybridized carbons (Fsp3) is 0.0588. The van der Waals surface area contributed by atoms with Crippen molar-refractivity contribution in [3.05, 3.63) is 66.1 Å². The molecule has 3 aromatic rings. The van der Waals surface area contributed by atoms with Crippen LogP contribution in [0, 0.1) is 6.92 Å². The fourth-order valence-electron chi connectivity index (χ4n) is 2.13. The van der Waals surface area contributed by atoms with E-state index in [0.29, 0.717) is 17.0 Å². The summed E-state index contributed by atoms with van der Waals surface area (Å²) in [7, 11) is 0. The maximum absolute atomic E-state index is 10.7. The van der Waals surface area contributed by atoms with E-state index in [2.05, 4.69) is 5.10 Å². The third-order valence-corrected chi connectivity index (χ3v) is 3.14. The minimum absolute atomic E-state index is 0.578. The molecule has 0 bridgehead atoms. The van der Waals surface area contributed by atoms with Gasteiger partial charge in [0.2, 0.25) is 0 Å². The molecule has 0 N–H and O–H groups in total. The SMILES string of the molecule is Cc1ccc(-c2nn(-c3ccccc3)cc2/C=C/C(=O)[O-])o1. The van der Waals surface area contributed by atoms with Crippen LogP contribution >= 0.6 is 0 Å². The van der Waals surface area contributed by atoms with Crippen molar-refractivity contribution in [2.45, 2.75) is 6.92 Å². The second kappa shape index (κ2) is 5.73. The van der Waals surface area contributed by atoms with Gasteiger partial charge in [0, 0.05) is 11.8 Å². The minimum atomic E-state index is -1.26. The van der Waals surface area contributed by atoms with E-state index >= 15 is 0 Å². The monoisotopic (exact) mass is 293 g/mol. The third-order valence-electron chi connectivity index (χ3n) is 3.14. The number of nitrogens with zero attached hydrogens (tertiary/aromatic N) is 2. The average molecular weight is 293 g/mol. The summed E-state index contributed by atoms with van der Waals surface area (Å²) in [6.45, 7) is 1.84. The standard InChI is InChI=1S/C17H14N2O3/c1-12-7-9-15(22-12)17-13(8-10-16(20)21)11-19(18-17)14-5-3-2-4-6-14/h2-11H,1H3,(H,20,21)/p-1/b10-8+. The van der Waals surface area contributed by atoms with Crippen molar-refractivity contribution < 1.29 is 14.3 Å². The van der Waals surface area contributed by atoms with Gasteiger partial charge in [0.25, 0.3) is 0 Å². The summed E-state index contributed by atoms with van der Waals surface area (Å²) in [5, 5.41) is 15.2. The van der Waals surface area contributed by atoms with Crippen molar-refractivity contribution in [3.8, 4) is 17.1 Å². The van der Waals surface area contributed by atoms with Gasteiger partial charge in [-0.25, -0.2) is 4.68 Å². The van der Waals surface area contributed by atoms with Gasteiger partial charge in [-0.05, 0) is 43.3 Å². The molecule has 1 aromatic carbocycles. The summed E-state index contributed by atoms with van der Waals surface area (Å²) in [4.78, 5) is 10.7. The lowest BCUT2D eigenvalue weighted by atomic mass is 10.2. The summed E-state index contributed by atoms with van der Waals surface area (Å²) in [6.07, 6.45) is 4.18. The molecule has 0 spiro atoms. The Hall–Kier alpha value is -3.08. The molecule has 0 aliphatic heterocycles.